The van der Waals surface area contributed by atoms with Gasteiger partial charge < -0.3 is 0 Å². The van der Waals surface area contributed by atoms with Crippen LogP contribution in [0.1, 0.15) is 25.7 Å². The van der Waals surface area contributed by atoms with Gasteiger partial charge in [0.05, 0.1) is 11.5 Å². The molecule has 1 fully saturated rings. The lowest BCUT2D eigenvalue weighted by molar-refractivity contribution is 0.156. The van der Waals surface area contributed by atoms with E-state index in [2.05, 4.69) is 4.18 Å². The van der Waals surface area contributed by atoms with Gasteiger partial charge in [0.2, 0.25) is 0 Å². The van der Waals surface area contributed by atoms with E-state index in [-0.39, 0.29) is 5.38 Å². The maximum Gasteiger partial charge on any atom is 0.437 e. The first-order valence-corrected chi connectivity index (χ1v) is 5.50. The molecule has 0 unspecified atom stereocenters. The maximum atomic E-state index is 12.0. The van der Waals surface area contributed by atoms with E-state index >= 15 is 0 Å². The van der Waals surface area contributed by atoms with Gasteiger partial charge in [0.15, 0.2) is 0 Å². The number of hydrogen-bond donors (Lipinski definition) is 0. The van der Waals surface area contributed by atoms with E-state index in [1.54, 1.807) is 0 Å². The molecule has 0 radical (unpaired) electrons. The summed E-state index contributed by atoms with van der Waals surface area (Å²) in [5, 5.41) is -0.385. The number of alkyl halides is 1. The third kappa shape index (κ3) is 3.25. The van der Waals surface area contributed by atoms with Crippen LogP contribution in [-0.4, -0.2) is 19.9 Å². The van der Waals surface area contributed by atoms with Crippen LogP contribution in [0.4, 0.5) is 3.89 Å². The first-order chi connectivity index (χ1) is 5.49. The highest BCUT2D eigenvalue weighted by atomic mass is 35.5. The van der Waals surface area contributed by atoms with Gasteiger partial charge >= 0.3 is 10.5 Å². The van der Waals surface area contributed by atoms with Crippen molar-refractivity contribution in [3.8, 4) is 0 Å². The zero-order valence-electron chi connectivity index (χ0n) is 6.37. The Bertz CT molecular complexity index is 241. The molecule has 1 rings (SSSR count). The second-order valence-corrected chi connectivity index (χ2v) is 4.37. The van der Waals surface area contributed by atoms with Crippen LogP contribution in [0.5, 0.6) is 0 Å². The monoisotopic (exact) mass is 216 g/mol. The first-order valence-electron chi connectivity index (χ1n) is 3.76. The van der Waals surface area contributed by atoms with E-state index in [1.807, 2.05) is 0 Å². The van der Waals surface area contributed by atoms with Crippen LogP contribution in [0.2, 0.25) is 0 Å². The summed E-state index contributed by atoms with van der Waals surface area (Å²) >= 11 is 5.73. The Kier molecular flexibility index (Phi) is 3.31. The van der Waals surface area contributed by atoms with Gasteiger partial charge in [0.1, 0.15) is 0 Å². The minimum Gasteiger partial charge on any atom is -0.240 e. The molecule has 0 aromatic rings. The molecular formula is C6H10ClFO3S. The normalized spacial score (nSPS) is 31.8. The fourth-order valence-corrected chi connectivity index (χ4v) is 2.23. The number of hydrogen-bond acceptors (Lipinski definition) is 3. The van der Waals surface area contributed by atoms with Crippen LogP contribution in [0.25, 0.3) is 0 Å². The summed E-state index contributed by atoms with van der Waals surface area (Å²) in [6.45, 7) is 0. The minimum absolute atomic E-state index is 0.385. The molecule has 6 heteroatoms. The fraction of sp³-hybridized carbons (Fsp3) is 1.00. The van der Waals surface area contributed by atoms with Gasteiger partial charge in [-0.05, 0) is 12.8 Å². The van der Waals surface area contributed by atoms with Crippen molar-refractivity contribution in [2.24, 2.45) is 0 Å². The average molecular weight is 217 g/mol. The molecule has 0 amide bonds. The topological polar surface area (TPSA) is 43.4 Å². The summed E-state index contributed by atoms with van der Waals surface area (Å²) in [6, 6.07) is 0. The number of halogens is 2. The molecule has 0 aromatic heterocycles. The Labute approximate surface area is 76.3 Å². The van der Waals surface area contributed by atoms with Gasteiger partial charge in [-0.3, -0.25) is 0 Å². The van der Waals surface area contributed by atoms with Gasteiger partial charge in [-0.2, -0.15) is 8.42 Å². The van der Waals surface area contributed by atoms with E-state index in [1.165, 1.54) is 0 Å². The minimum atomic E-state index is -4.84. The van der Waals surface area contributed by atoms with E-state index < -0.39 is 16.6 Å². The lowest BCUT2D eigenvalue weighted by Gasteiger charge is -2.24. The second kappa shape index (κ2) is 3.89. The van der Waals surface area contributed by atoms with Crippen molar-refractivity contribution in [2.45, 2.75) is 37.2 Å². The van der Waals surface area contributed by atoms with Crippen molar-refractivity contribution < 1.29 is 16.5 Å². The van der Waals surface area contributed by atoms with Gasteiger partial charge in [-0.25, -0.2) is 4.18 Å². The molecule has 1 aliphatic rings. The summed E-state index contributed by atoms with van der Waals surface area (Å²) < 4.78 is 36.4. The summed E-state index contributed by atoms with van der Waals surface area (Å²) in [5.74, 6) is 0. The molecule has 0 spiro atoms. The summed E-state index contributed by atoms with van der Waals surface area (Å²) in [4.78, 5) is 0. The number of rotatable bonds is 2. The van der Waals surface area contributed by atoms with Crippen LogP contribution >= 0.6 is 11.6 Å². The molecular weight excluding hydrogens is 207 g/mol. The van der Waals surface area contributed by atoms with Crippen molar-refractivity contribution in [3.63, 3.8) is 0 Å². The molecule has 72 valence electrons. The largest absolute Gasteiger partial charge is 0.437 e. The molecule has 1 saturated carbocycles. The summed E-state index contributed by atoms with van der Waals surface area (Å²) in [5.41, 5.74) is 0. The quantitative estimate of drug-likeness (QED) is 0.522. The van der Waals surface area contributed by atoms with Gasteiger partial charge in [0, 0.05) is 0 Å². The molecule has 0 heterocycles. The van der Waals surface area contributed by atoms with Crippen LogP contribution in [0, 0.1) is 0 Å². The zero-order chi connectivity index (χ0) is 9.19. The molecule has 2 atom stereocenters. The summed E-state index contributed by atoms with van der Waals surface area (Å²) in [6.07, 6.45) is 2.29. The van der Waals surface area contributed by atoms with Crippen LogP contribution in [-0.2, 0) is 14.7 Å². The fourth-order valence-electron chi connectivity index (χ4n) is 1.31. The third-order valence-electron chi connectivity index (χ3n) is 1.86. The standard InChI is InChI=1S/C6H10ClFO3S/c7-5-3-1-2-4-6(5)11-12(8,9)10/h5-6H,1-4H2/t5-,6-/m1/s1. The molecule has 0 bridgehead atoms. The molecule has 0 saturated heterocycles. The van der Waals surface area contributed by atoms with Gasteiger partial charge in [-0.15, -0.1) is 11.6 Å². The first kappa shape index (κ1) is 10.2. The van der Waals surface area contributed by atoms with Crippen LogP contribution < -0.4 is 0 Å². The van der Waals surface area contributed by atoms with Crippen molar-refractivity contribution in [1.29, 1.82) is 0 Å². The highest BCUT2D eigenvalue weighted by Gasteiger charge is 2.28. The Hall–Kier alpha value is 0.130. The predicted molar refractivity (Wildman–Crippen MR) is 43.0 cm³/mol. The third-order valence-corrected chi connectivity index (χ3v) is 2.84. The molecule has 3 nitrogen and oxygen atoms in total. The molecule has 12 heavy (non-hydrogen) atoms. The SMILES string of the molecule is O=S(=O)(F)O[C@@H]1CCCC[C@H]1Cl. The Morgan fingerprint density at radius 2 is 1.92 bits per heavy atom. The van der Waals surface area contributed by atoms with E-state index in [9.17, 15) is 12.3 Å². The zero-order valence-corrected chi connectivity index (χ0v) is 7.94. The van der Waals surface area contributed by atoms with Gasteiger partial charge in [-0.1, -0.05) is 16.7 Å². The van der Waals surface area contributed by atoms with Crippen LogP contribution in [0.15, 0.2) is 0 Å². The smallest absolute Gasteiger partial charge is 0.240 e. The summed E-state index contributed by atoms with van der Waals surface area (Å²) in [7, 11) is -4.84. The lowest BCUT2D eigenvalue weighted by atomic mass is 9.97. The van der Waals surface area contributed by atoms with Crippen molar-refractivity contribution in [2.75, 3.05) is 0 Å². The van der Waals surface area contributed by atoms with E-state index in [0.29, 0.717) is 12.8 Å². The predicted octanol–water partition coefficient (Wildman–Crippen LogP) is 1.77. The highest BCUT2D eigenvalue weighted by Crippen LogP contribution is 2.26. The van der Waals surface area contributed by atoms with Gasteiger partial charge in [0.25, 0.3) is 0 Å². The molecule has 0 N–H and O–H groups in total. The molecule has 1 aliphatic carbocycles. The average Bonchev–Trinajstić information content (AvgIpc) is 1.91. The van der Waals surface area contributed by atoms with Crippen molar-refractivity contribution in [3.05, 3.63) is 0 Å². The Morgan fingerprint density at radius 1 is 1.33 bits per heavy atom. The van der Waals surface area contributed by atoms with E-state index in [0.717, 1.165) is 12.8 Å². The van der Waals surface area contributed by atoms with Crippen molar-refractivity contribution in [1.82, 2.24) is 0 Å². The second-order valence-electron chi connectivity index (χ2n) is 2.83. The van der Waals surface area contributed by atoms with Crippen molar-refractivity contribution >= 4 is 22.1 Å². The highest BCUT2D eigenvalue weighted by molar-refractivity contribution is 7.81. The Morgan fingerprint density at radius 3 is 2.42 bits per heavy atom. The Balaban J connectivity index is 2.50. The molecule has 0 aromatic carbocycles. The maximum absolute atomic E-state index is 12.0. The van der Waals surface area contributed by atoms with Crippen LogP contribution in [0.3, 0.4) is 0 Å². The molecule has 0 aliphatic heterocycles. The lowest BCUT2D eigenvalue weighted by Crippen LogP contribution is -2.29. The van der Waals surface area contributed by atoms with E-state index in [4.69, 9.17) is 11.6 Å².